The van der Waals surface area contributed by atoms with Crippen LogP contribution in [0.1, 0.15) is 58.8 Å². The van der Waals surface area contributed by atoms with E-state index in [0.717, 1.165) is 25.7 Å². The first-order valence-electron chi connectivity index (χ1n) is 8.98. The van der Waals surface area contributed by atoms with Crippen molar-refractivity contribution in [1.82, 2.24) is 0 Å². The van der Waals surface area contributed by atoms with Crippen LogP contribution in [0, 0.1) is 28.6 Å². The van der Waals surface area contributed by atoms with E-state index in [9.17, 15) is 18.7 Å². The van der Waals surface area contributed by atoms with Crippen molar-refractivity contribution in [1.29, 1.82) is 0 Å². The molecule has 1 unspecified atom stereocenters. The Morgan fingerprint density at radius 2 is 1.87 bits per heavy atom. The van der Waals surface area contributed by atoms with E-state index < -0.39 is 17.4 Å². The number of ketones is 1. The molecule has 3 saturated carbocycles. The molecule has 0 aromatic rings. The molecule has 0 aromatic carbocycles. The molecule has 3 fully saturated rings. The molecule has 6 atom stereocenters. The number of hydrogen-bond acceptors (Lipinski definition) is 2. The first-order chi connectivity index (χ1) is 10.7. The Bertz CT molecular complexity index is 584. The van der Waals surface area contributed by atoms with Gasteiger partial charge in [0.25, 0.3) is 5.92 Å². The monoisotopic (exact) mass is 324 g/mol. The van der Waals surface area contributed by atoms with Crippen molar-refractivity contribution in [3.63, 3.8) is 0 Å². The highest BCUT2D eigenvalue weighted by Crippen LogP contribution is 2.67. The standard InChI is InChI=1S/C19H26F2O2/c1-17-7-5-12(22)9-11(17)3-4-13-14(17)6-8-18(2)15(13)10-19(20,21)16(18)23/h9,13-16,23H,3-8,10H2,1-2H3/t13-,14-,15+,16?,17+,18+/m1/s1. The average molecular weight is 324 g/mol. The Kier molecular flexibility index (Phi) is 3.18. The number of rotatable bonds is 0. The fraction of sp³-hybridized carbons (Fsp3) is 0.842. The predicted octanol–water partition coefficient (Wildman–Crippen LogP) is 4.12. The molecule has 0 bridgehead atoms. The molecule has 0 heterocycles. The van der Waals surface area contributed by atoms with Crippen LogP contribution in [0.25, 0.3) is 0 Å². The summed E-state index contributed by atoms with van der Waals surface area (Å²) in [5.41, 5.74) is 0.608. The zero-order valence-corrected chi connectivity index (χ0v) is 13.9. The van der Waals surface area contributed by atoms with Gasteiger partial charge in [0, 0.05) is 18.3 Å². The van der Waals surface area contributed by atoms with E-state index in [-0.39, 0.29) is 29.5 Å². The molecule has 4 aliphatic rings. The van der Waals surface area contributed by atoms with Gasteiger partial charge in [0.2, 0.25) is 0 Å². The third-order valence-corrected chi connectivity index (χ3v) is 7.92. The maximum atomic E-state index is 14.2. The van der Waals surface area contributed by atoms with Crippen LogP contribution < -0.4 is 0 Å². The van der Waals surface area contributed by atoms with Crippen LogP contribution in [0.4, 0.5) is 8.78 Å². The lowest BCUT2D eigenvalue weighted by Crippen LogP contribution is -2.51. The van der Waals surface area contributed by atoms with Crippen LogP contribution in [0.3, 0.4) is 0 Å². The van der Waals surface area contributed by atoms with E-state index in [1.165, 1.54) is 5.57 Å². The normalized spacial score (nSPS) is 51.5. The molecule has 0 saturated heterocycles. The number of aliphatic hydroxyl groups is 1. The summed E-state index contributed by atoms with van der Waals surface area (Å²) in [5.74, 6) is -2.18. The van der Waals surface area contributed by atoms with Gasteiger partial charge < -0.3 is 5.11 Å². The van der Waals surface area contributed by atoms with Gasteiger partial charge in [0.1, 0.15) is 6.10 Å². The van der Waals surface area contributed by atoms with Gasteiger partial charge in [-0.2, -0.15) is 0 Å². The van der Waals surface area contributed by atoms with Gasteiger partial charge in [0.15, 0.2) is 5.78 Å². The molecule has 4 heteroatoms. The van der Waals surface area contributed by atoms with Crippen LogP contribution in [0.5, 0.6) is 0 Å². The van der Waals surface area contributed by atoms with E-state index in [1.807, 2.05) is 13.0 Å². The molecular formula is C19H26F2O2. The van der Waals surface area contributed by atoms with Crippen molar-refractivity contribution in [2.24, 2.45) is 28.6 Å². The number of carbonyl (C=O) groups excluding carboxylic acids is 1. The third-order valence-electron chi connectivity index (χ3n) is 7.92. The lowest BCUT2D eigenvalue weighted by atomic mass is 9.47. The Balaban J connectivity index is 1.70. The molecule has 0 aromatic heterocycles. The second-order valence-electron chi connectivity index (χ2n) is 8.88. The first kappa shape index (κ1) is 15.7. The molecule has 0 spiro atoms. The van der Waals surface area contributed by atoms with Gasteiger partial charge in [-0.15, -0.1) is 0 Å². The van der Waals surface area contributed by atoms with Gasteiger partial charge in [-0.25, -0.2) is 8.78 Å². The van der Waals surface area contributed by atoms with Crippen LogP contribution in [-0.4, -0.2) is 22.9 Å². The van der Waals surface area contributed by atoms with Crippen molar-refractivity contribution < 1.29 is 18.7 Å². The summed E-state index contributed by atoms with van der Waals surface area (Å²) >= 11 is 0. The molecule has 0 aliphatic heterocycles. The molecule has 128 valence electrons. The summed E-state index contributed by atoms with van der Waals surface area (Å²) in [7, 11) is 0. The highest BCUT2D eigenvalue weighted by atomic mass is 19.3. The van der Waals surface area contributed by atoms with E-state index >= 15 is 0 Å². The molecule has 0 radical (unpaired) electrons. The molecular weight excluding hydrogens is 298 g/mol. The summed E-state index contributed by atoms with van der Waals surface area (Å²) < 4.78 is 28.4. The van der Waals surface area contributed by atoms with Gasteiger partial charge >= 0.3 is 0 Å². The third kappa shape index (κ3) is 1.96. The quantitative estimate of drug-likeness (QED) is 0.727. The van der Waals surface area contributed by atoms with Crippen molar-refractivity contribution in [2.75, 3.05) is 0 Å². The minimum absolute atomic E-state index is 0.000977. The van der Waals surface area contributed by atoms with Gasteiger partial charge in [-0.3, -0.25) is 4.79 Å². The number of hydrogen-bond donors (Lipinski definition) is 1. The van der Waals surface area contributed by atoms with Crippen LogP contribution >= 0.6 is 0 Å². The van der Waals surface area contributed by atoms with E-state index in [1.54, 1.807) is 0 Å². The van der Waals surface area contributed by atoms with E-state index in [4.69, 9.17) is 0 Å². The van der Waals surface area contributed by atoms with Crippen LogP contribution in [-0.2, 0) is 4.79 Å². The maximum absolute atomic E-state index is 14.2. The van der Waals surface area contributed by atoms with E-state index in [2.05, 4.69) is 6.92 Å². The lowest BCUT2D eigenvalue weighted by Gasteiger charge is -2.57. The van der Waals surface area contributed by atoms with Gasteiger partial charge in [0.05, 0.1) is 0 Å². The van der Waals surface area contributed by atoms with Crippen molar-refractivity contribution in [2.45, 2.75) is 70.8 Å². The zero-order valence-electron chi connectivity index (χ0n) is 13.9. The van der Waals surface area contributed by atoms with E-state index in [0.29, 0.717) is 18.8 Å². The number of allylic oxidation sites excluding steroid dienone is 1. The number of aliphatic hydroxyl groups excluding tert-OH is 1. The van der Waals surface area contributed by atoms with Gasteiger partial charge in [-0.05, 0) is 61.3 Å². The average Bonchev–Trinajstić information content (AvgIpc) is 2.68. The Hall–Kier alpha value is -0.770. The summed E-state index contributed by atoms with van der Waals surface area (Å²) in [4.78, 5) is 11.8. The summed E-state index contributed by atoms with van der Waals surface area (Å²) in [6, 6.07) is 0. The number of carbonyl (C=O) groups is 1. The summed E-state index contributed by atoms with van der Waals surface area (Å²) in [5, 5.41) is 10.2. The largest absolute Gasteiger partial charge is 0.386 e. The Labute approximate surface area is 136 Å². The Morgan fingerprint density at radius 3 is 2.61 bits per heavy atom. The summed E-state index contributed by atoms with van der Waals surface area (Å²) in [6.45, 7) is 4.12. The fourth-order valence-electron chi connectivity index (χ4n) is 6.52. The second kappa shape index (κ2) is 4.65. The zero-order chi connectivity index (χ0) is 16.6. The highest BCUT2D eigenvalue weighted by molar-refractivity contribution is 5.91. The number of fused-ring (bicyclic) bond motifs is 5. The van der Waals surface area contributed by atoms with Crippen molar-refractivity contribution in [3.05, 3.63) is 11.6 Å². The molecule has 4 aliphatic carbocycles. The minimum Gasteiger partial charge on any atom is -0.386 e. The van der Waals surface area contributed by atoms with Crippen LogP contribution in [0.2, 0.25) is 0 Å². The second-order valence-corrected chi connectivity index (χ2v) is 8.88. The molecule has 23 heavy (non-hydrogen) atoms. The van der Waals surface area contributed by atoms with Crippen molar-refractivity contribution >= 4 is 5.78 Å². The summed E-state index contributed by atoms with van der Waals surface area (Å²) in [6.07, 6.45) is 4.94. The lowest BCUT2D eigenvalue weighted by molar-refractivity contribution is -0.130. The SMILES string of the molecule is C[C@]12CCC(=O)C=C1CC[C@@H]1[C@H]2CC[C@]2(C)C(O)C(F)(F)C[C@@H]12. The van der Waals surface area contributed by atoms with Crippen LogP contribution in [0.15, 0.2) is 11.6 Å². The number of alkyl halides is 2. The van der Waals surface area contributed by atoms with Gasteiger partial charge in [-0.1, -0.05) is 19.4 Å². The number of halogens is 2. The molecule has 0 amide bonds. The fourth-order valence-corrected chi connectivity index (χ4v) is 6.52. The minimum atomic E-state index is -2.95. The molecule has 1 N–H and O–H groups in total. The predicted molar refractivity (Wildman–Crippen MR) is 83.0 cm³/mol. The Morgan fingerprint density at radius 1 is 1.13 bits per heavy atom. The molecule has 2 nitrogen and oxygen atoms in total. The smallest absolute Gasteiger partial charge is 0.274 e. The first-order valence-corrected chi connectivity index (χ1v) is 8.98. The highest BCUT2D eigenvalue weighted by Gasteiger charge is 2.67. The topological polar surface area (TPSA) is 37.3 Å². The maximum Gasteiger partial charge on any atom is 0.274 e. The van der Waals surface area contributed by atoms with Crippen molar-refractivity contribution in [3.8, 4) is 0 Å². The molecule has 4 rings (SSSR count).